The van der Waals surface area contributed by atoms with Crippen LogP contribution >= 0.6 is 38.5 Å². The highest BCUT2D eigenvalue weighted by atomic mass is 127. The smallest absolute Gasteiger partial charge is 0.138 e. The van der Waals surface area contributed by atoms with Crippen LogP contribution in [0.3, 0.4) is 0 Å². The first-order valence-corrected chi connectivity index (χ1v) is 6.70. The maximum atomic E-state index is 13.4. The molecule has 17 heavy (non-hydrogen) atoms. The van der Waals surface area contributed by atoms with E-state index in [0.717, 1.165) is 10.2 Å². The average Bonchev–Trinajstić information content (AvgIpc) is 2.26. The molecule has 0 saturated heterocycles. The normalized spacial score (nSPS) is 10.3. The highest BCUT2D eigenvalue weighted by Gasteiger charge is 2.06. The lowest BCUT2D eigenvalue weighted by Crippen LogP contribution is -1.98. The first kappa shape index (κ1) is 12.6. The maximum Gasteiger partial charge on any atom is 0.138 e. The van der Waals surface area contributed by atoms with E-state index in [2.05, 4.69) is 21.2 Å². The lowest BCUT2D eigenvalue weighted by Gasteiger charge is -2.10. The summed E-state index contributed by atoms with van der Waals surface area (Å²) in [6.07, 6.45) is 0. The van der Waals surface area contributed by atoms with Gasteiger partial charge in [-0.15, -0.1) is 0 Å². The van der Waals surface area contributed by atoms with Gasteiger partial charge in [-0.25, -0.2) is 4.39 Å². The SMILES string of the molecule is Nc1cc(I)c(F)cc1Nc1cccc(Br)c1. The number of benzene rings is 2. The molecule has 0 atom stereocenters. The average molecular weight is 407 g/mol. The van der Waals surface area contributed by atoms with Crippen LogP contribution in [0.1, 0.15) is 0 Å². The van der Waals surface area contributed by atoms with Crippen LogP contribution in [-0.2, 0) is 0 Å². The Bertz CT molecular complexity index is 560. The summed E-state index contributed by atoms with van der Waals surface area (Å²) in [5.74, 6) is -0.280. The van der Waals surface area contributed by atoms with Crippen LogP contribution in [0.4, 0.5) is 21.5 Å². The van der Waals surface area contributed by atoms with E-state index >= 15 is 0 Å². The predicted molar refractivity (Wildman–Crippen MR) is 81.0 cm³/mol. The van der Waals surface area contributed by atoms with Gasteiger partial charge in [-0.3, -0.25) is 0 Å². The van der Waals surface area contributed by atoms with Gasteiger partial charge in [-0.1, -0.05) is 22.0 Å². The molecule has 0 amide bonds. The molecule has 3 N–H and O–H groups in total. The van der Waals surface area contributed by atoms with Crippen molar-refractivity contribution < 1.29 is 4.39 Å². The molecule has 0 radical (unpaired) electrons. The number of hydrogen-bond acceptors (Lipinski definition) is 2. The van der Waals surface area contributed by atoms with Crippen molar-refractivity contribution in [1.29, 1.82) is 0 Å². The summed E-state index contributed by atoms with van der Waals surface area (Å²) in [6, 6.07) is 10.6. The van der Waals surface area contributed by atoms with E-state index in [-0.39, 0.29) is 5.82 Å². The molecule has 0 bridgehead atoms. The molecule has 0 spiro atoms. The Labute approximate surface area is 121 Å². The Morgan fingerprint density at radius 1 is 1.24 bits per heavy atom. The van der Waals surface area contributed by atoms with Crippen molar-refractivity contribution in [3.05, 3.63) is 50.3 Å². The molecule has 0 heterocycles. The van der Waals surface area contributed by atoms with Gasteiger partial charge >= 0.3 is 0 Å². The van der Waals surface area contributed by atoms with Crippen molar-refractivity contribution in [2.75, 3.05) is 11.1 Å². The van der Waals surface area contributed by atoms with E-state index < -0.39 is 0 Å². The molecule has 2 rings (SSSR count). The van der Waals surface area contributed by atoms with E-state index in [1.165, 1.54) is 6.07 Å². The summed E-state index contributed by atoms with van der Waals surface area (Å²) in [7, 11) is 0. The second-order valence-electron chi connectivity index (χ2n) is 3.49. The van der Waals surface area contributed by atoms with Gasteiger partial charge in [0.2, 0.25) is 0 Å². The highest BCUT2D eigenvalue weighted by molar-refractivity contribution is 14.1. The molecule has 2 aromatic carbocycles. The fraction of sp³-hybridized carbons (Fsp3) is 0. The number of halogens is 3. The highest BCUT2D eigenvalue weighted by Crippen LogP contribution is 2.28. The van der Waals surface area contributed by atoms with E-state index in [0.29, 0.717) is 14.9 Å². The minimum Gasteiger partial charge on any atom is -0.397 e. The van der Waals surface area contributed by atoms with Crippen LogP contribution < -0.4 is 11.1 Å². The summed E-state index contributed by atoms with van der Waals surface area (Å²) in [4.78, 5) is 0. The maximum absolute atomic E-state index is 13.4. The third-order valence-electron chi connectivity index (χ3n) is 2.20. The van der Waals surface area contributed by atoms with Crippen molar-refractivity contribution in [3.8, 4) is 0 Å². The van der Waals surface area contributed by atoms with E-state index in [9.17, 15) is 4.39 Å². The minimum atomic E-state index is -0.280. The summed E-state index contributed by atoms with van der Waals surface area (Å²) >= 11 is 5.29. The standard InChI is InChI=1S/C12H9BrFIN2/c13-7-2-1-3-8(4-7)17-12-5-9(14)10(15)6-11(12)16/h1-6,17H,16H2. The van der Waals surface area contributed by atoms with Crippen molar-refractivity contribution >= 4 is 55.6 Å². The molecular weight excluding hydrogens is 398 g/mol. The Morgan fingerprint density at radius 3 is 2.71 bits per heavy atom. The quantitative estimate of drug-likeness (QED) is 0.568. The van der Waals surface area contributed by atoms with Crippen molar-refractivity contribution in [2.45, 2.75) is 0 Å². The van der Waals surface area contributed by atoms with E-state index in [1.54, 1.807) is 6.07 Å². The van der Waals surface area contributed by atoms with Crippen LogP contribution in [0.5, 0.6) is 0 Å². The van der Waals surface area contributed by atoms with E-state index in [1.807, 2.05) is 46.9 Å². The van der Waals surface area contributed by atoms with Gasteiger partial charge < -0.3 is 11.1 Å². The summed E-state index contributed by atoms with van der Waals surface area (Å²) in [5, 5.41) is 3.08. The first-order chi connectivity index (χ1) is 8.06. The Hall–Kier alpha value is -0.820. The molecule has 88 valence electrons. The predicted octanol–water partition coefficient (Wildman–Crippen LogP) is 4.52. The van der Waals surface area contributed by atoms with Gasteiger partial charge in [0.1, 0.15) is 5.82 Å². The number of rotatable bonds is 2. The minimum absolute atomic E-state index is 0.280. The molecule has 0 fully saturated rings. The van der Waals surface area contributed by atoms with Gasteiger partial charge in [0.05, 0.1) is 14.9 Å². The fourth-order valence-corrected chi connectivity index (χ4v) is 2.28. The number of hydrogen-bond donors (Lipinski definition) is 2. The largest absolute Gasteiger partial charge is 0.397 e. The van der Waals surface area contributed by atoms with Crippen LogP contribution in [0.25, 0.3) is 0 Å². The Morgan fingerprint density at radius 2 is 2.00 bits per heavy atom. The van der Waals surface area contributed by atoms with Crippen LogP contribution in [0.2, 0.25) is 0 Å². The van der Waals surface area contributed by atoms with Gasteiger partial charge in [0.15, 0.2) is 0 Å². The molecule has 0 saturated carbocycles. The first-order valence-electron chi connectivity index (χ1n) is 4.83. The lowest BCUT2D eigenvalue weighted by molar-refractivity contribution is 0.621. The monoisotopic (exact) mass is 406 g/mol. The fourth-order valence-electron chi connectivity index (χ4n) is 1.39. The number of nitrogen functional groups attached to an aromatic ring is 1. The van der Waals surface area contributed by atoms with Crippen LogP contribution in [0.15, 0.2) is 40.9 Å². The van der Waals surface area contributed by atoms with Gasteiger partial charge in [-0.05, 0) is 46.9 Å². The molecule has 0 unspecified atom stereocenters. The van der Waals surface area contributed by atoms with Gasteiger partial charge in [-0.2, -0.15) is 0 Å². The molecule has 0 aliphatic rings. The second kappa shape index (κ2) is 5.22. The molecule has 0 aromatic heterocycles. The van der Waals surface area contributed by atoms with Crippen molar-refractivity contribution in [3.63, 3.8) is 0 Å². The van der Waals surface area contributed by atoms with Gasteiger partial charge in [0, 0.05) is 16.2 Å². The molecule has 2 nitrogen and oxygen atoms in total. The summed E-state index contributed by atoms with van der Waals surface area (Å²) in [6.45, 7) is 0. The number of nitrogens with one attached hydrogen (secondary N) is 1. The van der Waals surface area contributed by atoms with Crippen molar-refractivity contribution in [2.24, 2.45) is 0 Å². The zero-order chi connectivity index (χ0) is 12.4. The van der Waals surface area contributed by atoms with E-state index in [4.69, 9.17) is 5.73 Å². The van der Waals surface area contributed by atoms with Crippen LogP contribution in [0, 0.1) is 9.39 Å². The van der Waals surface area contributed by atoms with Crippen molar-refractivity contribution in [1.82, 2.24) is 0 Å². The molecular formula is C12H9BrFIN2. The third kappa shape index (κ3) is 3.10. The number of nitrogens with two attached hydrogens (primary N) is 1. The molecule has 0 aliphatic carbocycles. The Kier molecular flexibility index (Phi) is 3.88. The molecule has 5 heteroatoms. The topological polar surface area (TPSA) is 38.0 Å². The Balaban J connectivity index is 2.33. The summed E-state index contributed by atoms with van der Waals surface area (Å²) in [5.41, 5.74) is 7.78. The van der Waals surface area contributed by atoms with Gasteiger partial charge in [0.25, 0.3) is 0 Å². The molecule has 2 aromatic rings. The number of anilines is 3. The second-order valence-corrected chi connectivity index (χ2v) is 5.57. The lowest BCUT2D eigenvalue weighted by atomic mass is 10.2. The third-order valence-corrected chi connectivity index (χ3v) is 3.52. The zero-order valence-corrected chi connectivity index (χ0v) is 12.4. The zero-order valence-electron chi connectivity index (χ0n) is 8.68. The molecule has 0 aliphatic heterocycles. The summed E-state index contributed by atoms with van der Waals surface area (Å²) < 4.78 is 14.9. The van der Waals surface area contributed by atoms with Crippen LogP contribution in [-0.4, -0.2) is 0 Å².